The van der Waals surface area contributed by atoms with Gasteiger partial charge in [-0.05, 0) is 36.2 Å². The Kier molecular flexibility index (Phi) is 6.24. The molecule has 2 aromatic carbocycles. The van der Waals surface area contributed by atoms with E-state index < -0.39 is 14.9 Å². The average molecular weight is 510 g/mol. The number of aromatic nitrogens is 4. The molecule has 13 heteroatoms. The normalized spacial score (nSPS) is 15.1. The quantitative estimate of drug-likeness (QED) is 0.284. The minimum Gasteiger partial charge on any atom is -0.497 e. The number of ether oxygens (including phenoxy) is 1. The first-order chi connectivity index (χ1) is 17.4. The molecule has 0 atom stereocenters. The Morgan fingerprint density at radius 1 is 0.972 bits per heavy atom. The van der Waals surface area contributed by atoms with Crippen LogP contribution in [-0.2, 0) is 10.0 Å². The molecule has 0 unspecified atom stereocenters. The van der Waals surface area contributed by atoms with Crippen LogP contribution in [0.25, 0.3) is 16.9 Å². The van der Waals surface area contributed by atoms with E-state index in [4.69, 9.17) is 4.74 Å². The maximum Gasteiger partial charge on any atom is 0.269 e. The van der Waals surface area contributed by atoms with Crippen molar-refractivity contribution in [2.75, 3.05) is 38.2 Å². The maximum absolute atomic E-state index is 13.3. The number of hydrogen-bond acceptors (Lipinski definition) is 9. The van der Waals surface area contributed by atoms with Crippen LogP contribution in [0.1, 0.15) is 6.42 Å². The molecule has 36 heavy (non-hydrogen) atoms. The van der Waals surface area contributed by atoms with Crippen molar-refractivity contribution < 1.29 is 18.1 Å². The van der Waals surface area contributed by atoms with Gasteiger partial charge in [0.05, 0.1) is 16.9 Å². The summed E-state index contributed by atoms with van der Waals surface area (Å²) in [6.07, 6.45) is 3.76. The molecule has 0 saturated carbocycles. The summed E-state index contributed by atoms with van der Waals surface area (Å²) in [5.41, 5.74) is 1.59. The Morgan fingerprint density at radius 3 is 2.42 bits per heavy atom. The van der Waals surface area contributed by atoms with E-state index in [1.165, 1.54) is 34.9 Å². The van der Waals surface area contributed by atoms with Crippen molar-refractivity contribution in [2.45, 2.75) is 11.3 Å². The SMILES string of the molecule is COc1ccc(-c2cnc3ncnn3c2N2CCCN(S(=O)(=O)c3ccc([N+](=O)[O-])cc3)CC2)cc1. The highest BCUT2D eigenvalue weighted by Crippen LogP contribution is 2.32. The molecule has 5 rings (SSSR count). The number of rotatable bonds is 6. The van der Waals surface area contributed by atoms with E-state index in [0.29, 0.717) is 31.8 Å². The number of non-ortho nitro benzene ring substituents is 1. The van der Waals surface area contributed by atoms with Gasteiger partial charge in [0.25, 0.3) is 11.5 Å². The Hall–Kier alpha value is -4.10. The van der Waals surface area contributed by atoms with Crippen LogP contribution in [0.2, 0.25) is 0 Å². The van der Waals surface area contributed by atoms with Crippen LogP contribution in [0.15, 0.2) is 66.0 Å². The average Bonchev–Trinajstić information content (AvgIpc) is 3.24. The van der Waals surface area contributed by atoms with Crippen molar-refractivity contribution in [3.63, 3.8) is 0 Å². The lowest BCUT2D eigenvalue weighted by atomic mass is 10.1. The molecule has 0 amide bonds. The molecular weight excluding hydrogens is 486 g/mol. The predicted octanol–water partition coefficient (Wildman–Crippen LogP) is 2.61. The number of nitro benzene ring substituents is 1. The van der Waals surface area contributed by atoms with Gasteiger partial charge in [0.1, 0.15) is 17.9 Å². The second-order valence-corrected chi connectivity index (χ2v) is 10.1. The fraction of sp³-hybridized carbons (Fsp3) is 0.261. The van der Waals surface area contributed by atoms with Crippen molar-refractivity contribution >= 4 is 27.3 Å². The monoisotopic (exact) mass is 509 g/mol. The Morgan fingerprint density at radius 2 is 1.72 bits per heavy atom. The van der Waals surface area contributed by atoms with Gasteiger partial charge in [0.2, 0.25) is 10.0 Å². The molecule has 186 valence electrons. The van der Waals surface area contributed by atoms with Crippen LogP contribution < -0.4 is 9.64 Å². The van der Waals surface area contributed by atoms with Crippen LogP contribution >= 0.6 is 0 Å². The van der Waals surface area contributed by atoms with E-state index in [2.05, 4.69) is 20.0 Å². The molecule has 3 heterocycles. The van der Waals surface area contributed by atoms with Crippen LogP contribution in [0.4, 0.5) is 11.5 Å². The zero-order chi connectivity index (χ0) is 25.3. The van der Waals surface area contributed by atoms with Crippen LogP contribution in [-0.4, -0.2) is 70.5 Å². The van der Waals surface area contributed by atoms with Gasteiger partial charge in [-0.2, -0.15) is 18.9 Å². The van der Waals surface area contributed by atoms with Crippen molar-refractivity contribution in [3.8, 4) is 16.9 Å². The zero-order valence-electron chi connectivity index (χ0n) is 19.4. The van der Waals surface area contributed by atoms with E-state index in [9.17, 15) is 18.5 Å². The van der Waals surface area contributed by atoms with Crippen LogP contribution in [0.3, 0.4) is 0 Å². The summed E-state index contributed by atoms with van der Waals surface area (Å²) in [6.45, 7) is 1.56. The fourth-order valence-electron chi connectivity index (χ4n) is 4.28. The third-order valence-corrected chi connectivity index (χ3v) is 8.03. The van der Waals surface area contributed by atoms with Gasteiger partial charge in [0, 0.05) is 50.1 Å². The summed E-state index contributed by atoms with van der Waals surface area (Å²) >= 11 is 0. The zero-order valence-corrected chi connectivity index (χ0v) is 20.2. The fourth-order valence-corrected chi connectivity index (χ4v) is 5.75. The lowest BCUT2D eigenvalue weighted by Gasteiger charge is -2.26. The number of methoxy groups -OCH3 is 1. The standard InChI is InChI=1S/C23H23N7O5S/c1-35-19-7-3-17(4-8-19)21-15-24-23-25-16-26-29(23)22(21)27-11-2-12-28(14-13-27)36(33,34)20-9-5-18(6-10-20)30(31)32/h3-10,15-16H,2,11-14H2,1H3. The van der Waals surface area contributed by atoms with Gasteiger partial charge >= 0.3 is 0 Å². The topological polar surface area (TPSA) is 136 Å². The second kappa shape index (κ2) is 9.51. The van der Waals surface area contributed by atoms with Gasteiger partial charge in [-0.3, -0.25) is 10.1 Å². The molecular formula is C23H23N7O5S. The van der Waals surface area contributed by atoms with E-state index in [1.54, 1.807) is 17.8 Å². The van der Waals surface area contributed by atoms with Crippen molar-refractivity contribution in [3.05, 3.63) is 71.2 Å². The smallest absolute Gasteiger partial charge is 0.269 e. The first-order valence-corrected chi connectivity index (χ1v) is 12.7. The highest BCUT2D eigenvalue weighted by atomic mass is 32.2. The largest absolute Gasteiger partial charge is 0.497 e. The first-order valence-electron chi connectivity index (χ1n) is 11.2. The number of nitrogens with zero attached hydrogens (tertiary/aromatic N) is 7. The minimum atomic E-state index is -3.81. The molecule has 1 aliphatic heterocycles. The molecule has 1 saturated heterocycles. The van der Waals surface area contributed by atoms with Gasteiger partial charge in [-0.1, -0.05) is 12.1 Å². The molecule has 0 spiro atoms. The number of fused-ring (bicyclic) bond motifs is 1. The lowest BCUT2D eigenvalue weighted by molar-refractivity contribution is -0.384. The van der Waals surface area contributed by atoms with Gasteiger partial charge in [-0.25, -0.2) is 13.4 Å². The highest BCUT2D eigenvalue weighted by Gasteiger charge is 2.29. The van der Waals surface area contributed by atoms with E-state index in [0.717, 1.165) is 22.7 Å². The Bertz CT molecular complexity index is 1500. The third kappa shape index (κ3) is 4.33. The molecule has 0 aliphatic carbocycles. The summed E-state index contributed by atoms with van der Waals surface area (Å²) < 4.78 is 34.9. The van der Waals surface area contributed by atoms with E-state index in [-0.39, 0.29) is 17.1 Å². The number of sulfonamides is 1. The third-order valence-electron chi connectivity index (χ3n) is 6.12. The predicted molar refractivity (Wildman–Crippen MR) is 131 cm³/mol. The summed E-state index contributed by atoms with van der Waals surface area (Å²) in [7, 11) is -2.20. The molecule has 0 bridgehead atoms. The Labute approximate surface area is 207 Å². The first kappa shape index (κ1) is 23.6. The molecule has 0 N–H and O–H groups in total. The van der Waals surface area contributed by atoms with E-state index >= 15 is 0 Å². The molecule has 2 aromatic heterocycles. The molecule has 0 radical (unpaired) electrons. The van der Waals surface area contributed by atoms with Crippen molar-refractivity contribution in [2.24, 2.45) is 0 Å². The number of hydrogen-bond donors (Lipinski definition) is 0. The van der Waals surface area contributed by atoms with Crippen LogP contribution in [0.5, 0.6) is 5.75 Å². The second-order valence-electron chi connectivity index (χ2n) is 8.19. The summed E-state index contributed by atoms with van der Waals surface area (Å²) in [6, 6.07) is 12.6. The summed E-state index contributed by atoms with van der Waals surface area (Å²) in [5.74, 6) is 1.95. The van der Waals surface area contributed by atoms with Crippen molar-refractivity contribution in [1.29, 1.82) is 0 Å². The summed E-state index contributed by atoms with van der Waals surface area (Å²) in [5, 5.41) is 15.3. The van der Waals surface area contributed by atoms with Gasteiger partial charge in [0.15, 0.2) is 0 Å². The summed E-state index contributed by atoms with van der Waals surface area (Å²) in [4.78, 5) is 21.1. The van der Waals surface area contributed by atoms with E-state index in [1.807, 2.05) is 24.3 Å². The number of nitro groups is 1. The van der Waals surface area contributed by atoms with Crippen molar-refractivity contribution in [1.82, 2.24) is 23.9 Å². The molecule has 1 aliphatic rings. The maximum atomic E-state index is 13.3. The lowest BCUT2D eigenvalue weighted by Crippen LogP contribution is -2.35. The number of anilines is 1. The molecule has 1 fully saturated rings. The number of benzene rings is 2. The minimum absolute atomic E-state index is 0.0306. The molecule has 4 aromatic rings. The highest BCUT2D eigenvalue weighted by molar-refractivity contribution is 7.89. The Balaban J connectivity index is 1.45. The van der Waals surface area contributed by atoms with Gasteiger partial charge in [-0.15, -0.1) is 0 Å². The van der Waals surface area contributed by atoms with Crippen LogP contribution in [0, 0.1) is 10.1 Å². The molecule has 12 nitrogen and oxygen atoms in total. The van der Waals surface area contributed by atoms with Gasteiger partial charge < -0.3 is 9.64 Å².